The number of carbonyl (C=O) groups is 1. The topological polar surface area (TPSA) is 57.5 Å². The molecule has 0 aliphatic heterocycles. The number of aliphatic hydroxyl groups is 1. The predicted octanol–water partition coefficient (Wildman–Crippen LogP) is 2.63. The maximum atomic E-state index is 10.8. The lowest BCUT2D eigenvalue weighted by Crippen LogP contribution is -2.23. The van der Waals surface area contributed by atoms with E-state index in [1.165, 1.54) is 0 Å². The summed E-state index contributed by atoms with van der Waals surface area (Å²) in [4.78, 5) is 10.8. The van der Waals surface area contributed by atoms with Gasteiger partial charge in [-0.05, 0) is 44.1 Å². The maximum Gasteiger partial charge on any atom is 0.309 e. The number of carboxylic acids is 1. The van der Waals surface area contributed by atoms with Gasteiger partial charge in [0.25, 0.3) is 0 Å². The van der Waals surface area contributed by atoms with Crippen LogP contribution in [0.5, 0.6) is 0 Å². The Bertz CT molecular complexity index is 204. The monoisotopic (exact) mass is 248 g/mol. The molecule has 0 aromatic rings. The van der Waals surface area contributed by atoms with Crippen LogP contribution in [0.15, 0.2) is 0 Å². The van der Waals surface area contributed by atoms with Crippen molar-refractivity contribution in [1.29, 1.82) is 0 Å². The van der Waals surface area contributed by atoms with Crippen molar-refractivity contribution in [3.63, 3.8) is 0 Å². The molecule has 0 radical (unpaired) electrons. The summed E-state index contributed by atoms with van der Waals surface area (Å²) < 4.78 is 0. The van der Waals surface area contributed by atoms with Crippen molar-refractivity contribution in [2.75, 3.05) is 18.1 Å². The van der Waals surface area contributed by atoms with Crippen molar-refractivity contribution in [3.05, 3.63) is 0 Å². The van der Waals surface area contributed by atoms with Crippen molar-refractivity contribution >= 4 is 17.7 Å². The van der Waals surface area contributed by atoms with Gasteiger partial charge in [-0.3, -0.25) is 4.79 Å². The number of rotatable bonds is 9. The average Bonchev–Trinajstić information content (AvgIpc) is 2.22. The summed E-state index contributed by atoms with van der Waals surface area (Å²) >= 11 is 1.84. The van der Waals surface area contributed by atoms with Gasteiger partial charge in [0.2, 0.25) is 0 Å². The quantitative estimate of drug-likeness (QED) is 0.616. The molecule has 0 aliphatic carbocycles. The number of aliphatic hydroxyl groups excluding tert-OH is 1. The zero-order valence-corrected chi connectivity index (χ0v) is 11.3. The first kappa shape index (κ1) is 15.8. The minimum absolute atomic E-state index is 0.249. The van der Waals surface area contributed by atoms with Crippen LogP contribution < -0.4 is 0 Å². The van der Waals surface area contributed by atoms with Gasteiger partial charge in [-0.15, -0.1) is 0 Å². The van der Waals surface area contributed by atoms with E-state index in [0.29, 0.717) is 5.92 Å². The molecular weight excluding hydrogens is 224 g/mol. The molecule has 3 nitrogen and oxygen atoms in total. The second-order valence-electron chi connectivity index (χ2n) is 5.01. The fraction of sp³-hybridized carbons (Fsp3) is 0.917. The highest BCUT2D eigenvalue weighted by Crippen LogP contribution is 2.24. The molecule has 0 saturated heterocycles. The van der Waals surface area contributed by atoms with E-state index < -0.39 is 11.4 Å². The van der Waals surface area contributed by atoms with Crippen LogP contribution in [-0.4, -0.2) is 34.3 Å². The minimum atomic E-state index is -0.714. The predicted molar refractivity (Wildman–Crippen MR) is 68.8 cm³/mol. The Labute approximate surface area is 103 Å². The molecule has 0 amide bonds. The normalized spacial score (nSPS) is 13.8. The van der Waals surface area contributed by atoms with Crippen molar-refractivity contribution in [3.8, 4) is 0 Å². The zero-order chi connectivity index (χ0) is 12.6. The van der Waals surface area contributed by atoms with E-state index in [9.17, 15) is 4.79 Å². The van der Waals surface area contributed by atoms with Crippen LogP contribution in [0.2, 0.25) is 0 Å². The van der Waals surface area contributed by atoms with E-state index in [4.69, 9.17) is 10.2 Å². The fourth-order valence-electron chi connectivity index (χ4n) is 1.22. The van der Waals surface area contributed by atoms with Crippen molar-refractivity contribution in [2.24, 2.45) is 11.3 Å². The summed E-state index contributed by atoms with van der Waals surface area (Å²) in [7, 11) is 0. The SMILES string of the molecule is CC(CO)CSCCCCC(C)(C)C(=O)O. The third-order valence-corrected chi connectivity index (χ3v) is 4.02. The van der Waals surface area contributed by atoms with Gasteiger partial charge in [-0.1, -0.05) is 13.3 Å². The highest BCUT2D eigenvalue weighted by atomic mass is 32.2. The summed E-state index contributed by atoms with van der Waals surface area (Å²) in [5, 5.41) is 17.7. The van der Waals surface area contributed by atoms with E-state index in [-0.39, 0.29) is 6.61 Å². The molecule has 16 heavy (non-hydrogen) atoms. The van der Waals surface area contributed by atoms with E-state index in [1.54, 1.807) is 13.8 Å². The molecule has 0 aliphatic rings. The van der Waals surface area contributed by atoms with Gasteiger partial charge < -0.3 is 10.2 Å². The molecule has 0 aromatic heterocycles. The first-order valence-electron chi connectivity index (χ1n) is 5.82. The fourth-order valence-corrected chi connectivity index (χ4v) is 2.30. The molecule has 0 spiro atoms. The first-order chi connectivity index (χ1) is 7.40. The zero-order valence-electron chi connectivity index (χ0n) is 10.5. The summed E-state index contributed by atoms with van der Waals surface area (Å²) in [5.74, 6) is 1.69. The van der Waals surface area contributed by atoms with E-state index in [2.05, 4.69) is 0 Å². The Morgan fingerprint density at radius 3 is 2.50 bits per heavy atom. The summed E-state index contributed by atoms with van der Waals surface area (Å²) in [6, 6.07) is 0. The Morgan fingerprint density at radius 1 is 1.38 bits per heavy atom. The van der Waals surface area contributed by atoms with Gasteiger partial charge in [0.05, 0.1) is 5.41 Å². The first-order valence-corrected chi connectivity index (χ1v) is 6.97. The molecule has 0 aromatic carbocycles. The van der Waals surface area contributed by atoms with Crippen LogP contribution in [0.25, 0.3) is 0 Å². The highest BCUT2D eigenvalue weighted by Gasteiger charge is 2.25. The van der Waals surface area contributed by atoms with Gasteiger partial charge in [-0.25, -0.2) is 0 Å². The average molecular weight is 248 g/mol. The number of unbranched alkanes of at least 4 members (excludes halogenated alkanes) is 1. The molecule has 0 saturated carbocycles. The van der Waals surface area contributed by atoms with E-state index in [0.717, 1.165) is 30.8 Å². The second kappa shape index (κ2) is 7.96. The number of thioether (sulfide) groups is 1. The van der Waals surface area contributed by atoms with E-state index >= 15 is 0 Å². The molecule has 0 heterocycles. The molecule has 4 heteroatoms. The Balaban J connectivity index is 3.44. The summed E-state index contributed by atoms with van der Waals surface area (Å²) in [6.45, 7) is 5.83. The lowest BCUT2D eigenvalue weighted by molar-refractivity contribution is -0.147. The van der Waals surface area contributed by atoms with Gasteiger partial charge in [0.15, 0.2) is 0 Å². The largest absolute Gasteiger partial charge is 0.481 e. The van der Waals surface area contributed by atoms with Crippen LogP contribution in [0.3, 0.4) is 0 Å². The third-order valence-electron chi connectivity index (χ3n) is 2.63. The van der Waals surface area contributed by atoms with Crippen LogP contribution in [0.4, 0.5) is 0 Å². The number of hydrogen-bond donors (Lipinski definition) is 2. The van der Waals surface area contributed by atoms with Gasteiger partial charge >= 0.3 is 5.97 Å². The minimum Gasteiger partial charge on any atom is -0.481 e. The molecule has 2 N–H and O–H groups in total. The molecule has 1 unspecified atom stereocenters. The summed E-state index contributed by atoms with van der Waals surface area (Å²) in [5.41, 5.74) is -0.594. The molecule has 0 fully saturated rings. The third kappa shape index (κ3) is 7.12. The molecule has 0 bridgehead atoms. The number of hydrogen-bond acceptors (Lipinski definition) is 3. The Morgan fingerprint density at radius 2 is 2.00 bits per heavy atom. The Kier molecular flexibility index (Phi) is 7.85. The molecular formula is C12H24O3S. The van der Waals surface area contributed by atoms with Crippen molar-refractivity contribution in [2.45, 2.75) is 40.0 Å². The molecule has 96 valence electrons. The van der Waals surface area contributed by atoms with Gasteiger partial charge in [0.1, 0.15) is 0 Å². The summed E-state index contributed by atoms with van der Waals surface area (Å²) in [6.07, 6.45) is 2.75. The standard InChI is InChI=1S/C12H24O3S/c1-10(8-13)9-16-7-5-4-6-12(2,3)11(14)15/h10,13H,4-9H2,1-3H3,(H,14,15). The lowest BCUT2D eigenvalue weighted by atomic mass is 9.88. The number of aliphatic carboxylic acids is 1. The second-order valence-corrected chi connectivity index (χ2v) is 6.16. The molecule has 0 rings (SSSR count). The van der Waals surface area contributed by atoms with Crippen LogP contribution in [0, 0.1) is 11.3 Å². The smallest absolute Gasteiger partial charge is 0.309 e. The van der Waals surface area contributed by atoms with Crippen LogP contribution in [-0.2, 0) is 4.79 Å². The maximum absolute atomic E-state index is 10.8. The Hall–Kier alpha value is -0.220. The van der Waals surface area contributed by atoms with Crippen molar-refractivity contribution in [1.82, 2.24) is 0 Å². The number of carboxylic acid groups (broad SMARTS) is 1. The molecule has 1 atom stereocenters. The van der Waals surface area contributed by atoms with Gasteiger partial charge in [0, 0.05) is 6.61 Å². The van der Waals surface area contributed by atoms with E-state index in [1.807, 2.05) is 18.7 Å². The van der Waals surface area contributed by atoms with Gasteiger partial charge in [-0.2, -0.15) is 11.8 Å². The van der Waals surface area contributed by atoms with Crippen LogP contribution >= 0.6 is 11.8 Å². The lowest BCUT2D eigenvalue weighted by Gasteiger charge is -2.18. The van der Waals surface area contributed by atoms with Crippen LogP contribution in [0.1, 0.15) is 40.0 Å². The van der Waals surface area contributed by atoms with Crippen molar-refractivity contribution < 1.29 is 15.0 Å². The highest BCUT2D eigenvalue weighted by molar-refractivity contribution is 7.99.